The first-order valence-corrected chi connectivity index (χ1v) is 9.43. The quantitative estimate of drug-likeness (QED) is 0.616. The molecule has 3 N–H and O–H groups in total. The van der Waals surface area contributed by atoms with E-state index in [2.05, 4.69) is 16.1 Å². The fourth-order valence-corrected chi connectivity index (χ4v) is 4.07. The van der Waals surface area contributed by atoms with E-state index in [1.54, 1.807) is 6.08 Å². The maximum Gasteiger partial charge on any atom is 0.308 e. The Morgan fingerprint density at radius 1 is 1.23 bits per heavy atom. The van der Waals surface area contributed by atoms with E-state index in [0.29, 0.717) is 12.0 Å². The van der Waals surface area contributed by atoms with Gasteiger partial charge in [0.05, 0.1) is 18.7 Å². The monoisotopic (exact) mass is 360 g/mol. The largest absolute Gasteiger partial charge is 0.469 e. The minimum atomic E-state index is -0.468. The van der Waals surface area contributed by atoms with E-state index in [9.17, 15) is 9.59 Å². The number of rotatable bonds is 5. The summed E-state index contributed by atoms with van der Waals surface area (Å²) >= 11 is 0. The summed E-state index contributed by atoms with van der Waals surface area (Å²) in [6.07, 6.45) is 10.9. The van der Waals surface area contributed by atoms with Gasteiger partial charge in [-0.2, -0.15) is 0 Å². The number of hydrogen-bond acceptors (Lipinski definition) is 5. The average molecular weight is 360 g/mol. The first-order chi connectivity index (χ1) is 12.6. The smallest absolute Gasteiger partial charge is 0.308 e. The van der Waals surface area contributed by atoms with Crippen molar-refractivity contribution in [1.82, 2.24) is 14.9 Å². The molecule has 2 heterocycles. The summed E-state index contributed by atoms with van der Waals surface area (Å²) in [4.78, 5) is 27.7. The van der Waals surface area contributed by atoms with E-state index in [1.807, 2.05) is 0 Å². The van der Waals surface area contributed by atoms with Crippen LogP contribution in [0.25, 0.3) is 6.08 Å². The Balaban J connectivity index is 1.77. The lowest BCUT2D eigenvalue weighted by Crippen LogP contribution is -2.29. The van der Waals surface area contributed by atoms with E-state index in [1.165, 1.54) is 13.2 Å². The third-order valence-corrected chi connectivity index (χ3v) is 5.56. The first-order valence-electron chi connectivity index (χ1n) is 9.43. The van der Waals surface area contributed by atoms with E-state index in [0.717, 1.165) is 63.1 Å². The molecule has 7 nitrogen and oxygen atoms in total. The van der Waals surface area contributed by atoms with Crippen LogP contribution >= 0.6 is 0 Å². The molecule has 26 heavy (non-hydrogen) atoms. The maximum absolute atomic E-state index is 11.7. The molecule has 1 aromatic rings. The van der Waals surface area contributed by atoms with E-state index < -0.39 is 5.91 Å². The number of primary amides is 1. The van der Waals surface area contributed by atoms with Gasteiger partial charge in [0.25, 0.3) is 0 Å². The molecule has 0 bridgehead atoms. The molecule has 0 aromatic carbocycles. The lowest BCUT2D eigenvalue weighted by molar-refractivity contribution is -0.146. The number of piperidine rings is 1. The SMILES string of the molecule is COC(=O)C1CCC(c2cn(C3CCNCC3)c(/C=C/C(N)=O)n2)CC1. The summed E-state index contributed by atoms with van der Waals surface area (Å²) in [5, 5.41) is 3.38. The molecule has 2 fully saturated rings. The van der Waals surface area contributed by atoms with E-state index in [4.69, 9.17) is 15.5 Å². The highest BCUT2D eigenvalue weighted by Crippen LogP contribution is 2.36. The fourth-order valence-electron chi connectivity index (χ4n) is 4.07. The number of imidazole rings is 1. The predicted octanol–water partition coefficient (Wildman–Crippen LogP) is 1.75. The lowest BCUT2D eigenvalue weighted by atomic mass is 9.81. The molecule has 2 aliphatic rings. The van der Waals surface area contributed by atoms with Crippen molar-refractivity contribution >= 4 is 18.0 Å². The molecule has 0 unspecified atom stereocenters. The third-order valence-electron chi connectivity index (χ3n) is 5.56. The van der Waals surface area contributed by atoms with Crippen molar-refractivity contribution in [2.45, 2.75) is 50.5 Å². The van der Waals surface area contributed by atoms with Gasteiger partial charge in [-0.1, -0.05) is 0 Å². The molecule has 142 valence electrons. The number of esters is 1. The molecule has 0 spiro atoms. The Hall–Kier alpha value is -2.15. The van der Waals surface area contributed by atoms with Crippen molar-refractivity contribution in [3.8, 4) is 0 Å². The summed E-state index contributed by atoms with van der Waals surface area (Å²) < 4.78 is 7.07. The number of ether oxygens (including phenoxy) is 1. The van der Waals surface area contributed by atoms with Crippen molar-refractivity contribution < 1.29 is 14.3 Å². The summed E-state index contributed by atoms with van der Waals surface area (Å²) in [6.45, 7) is 1.97. The summed E-state index contributed by atoms with van der Waals surface area (Å²) in [7, 11) is 1.45. The lowest BCUT2D eigenvalue weighted by Gasteiger charge is -2.26. The molecule has 1 aliphatic heterocycles. The molecule has 1 saturated carbocycles. The number of methoxy groups -OCH3 is 1. The van der Waals surface area contributed by atoms with Crippen LogP contribution in [0.5, 0.6) is 0 Å². The number of aromatic nitrogens is 2. The van der Waals surface area contributed by atoms with Gasteiger partial charge >= 0.3 is 5.97 Å². The summed E-state index contributed by atoms with van der Waals surface area (Å²) in [5.74, 6) is 0.580. The molecule has 1 saturated heterocycles. The fraction of sp³-hybridized carbons (Fsp3) is 0.632. The van der Waals surface area contributed by atoms with Crippen LogP contribution in [0.4, 0.5) is 0 Å². The Morgan fingerprint density at radius 3 is 2.54 bits per heavy atom. The Bertz CT molecular complexity index is 668. The Labute approximate surface area is 154 Å². The maximum atomic E-state index is 11.7. The van der Waals surface area contributed by atoms with Crippen LogP contribution in [0.1, 0.15) is 62.0 Å². The minimum absolute atomic E-state index is 0.0111. The van der Waals surface area contributed by atoms with Crippen molar-refractivity contribution in [2.75, 3.05) is 20.2 Å². The zero-order valence-electron chi connectivity index (χ0n) is 15.3. The molecule has 1 amide bonds. The molecule has 0 atom stereocenters. The highest BCUT2D eigenvalue weighted by atomic mass is 16.5. The zero-order chi connectivity index (χ0) is 18.5. The van der Waals surface area contributed by atoms with Crippen LogP contribution in [0.2, 0.25) is 0 Å². The van der Waals surface area contributed by atoms with Gasteiger partial charge in [0.15, 0.2) is 0 Å². The second-order valence-electron chi connectivity index (χ2n) is 7.22. The third kappa shape index (κ3) is 4.33. The number of nitrogens with two attached hydrogens (primary N) is 1. The summed E-state index contributed by atoms with van der Waals surface area (Å²) in [5.41, 5.74) is 6.31. The molecule has 7 heteroatoms. The molecule has 1 aromatic heterocycles. The van der Waals surface area contributed by atoms with Crippen molar-refractivity contribution in [3.05, 3.63) is 23.8 Å². The highest BCUT2D eigenvalue weighted by Gasteiger charge is 2.29. The molecular formula is C19H28N4O3. The molecule has 3 rings (SSSR count). The van der Waals surface area contributed by atoms with E-state index in [-0.39, 0.29) is 11.9 Å². The zero-order valence-corrected chi connectivity index (χ0v) is 15.3. The van der Waals surface area contributed by atoms with Crippen molar-refractivity contribution in [3.63, 3.8) is 0 Å². The van der Waals surface area contributed by atoms with Gasteiger partial charge in [0, 0.05) is 24.2 Å². The number of carbonyl (C=O) groups excluding carboxylic acids is 2. The van der Waals surface area contributed by atoms with Crippen LogP contribution in [0.15, 0.2) is 12.3 Å². The Morgan fingerprint density at radius 2 is 1.92 bits per heavy atom. The van der Waals surface area contributed by atoms with Gasteiger partial charge in [-0.15, -0.1) is 0 Å². The number of nitrogens with one attached hydrogen (secondary N) is 1. The second-order valence-corrected chi connectivity index (χ2v) is 7.22. The topological polar surface area (TPSA) is 99.2 Å². The predicted molar refractivity (Wildman–Crippen MR) is 98.3 cm³/mol. The standard InChI is InChI=1S/C19H28N4O3/c1-26-19(25)14-4-2-13(3-5-14)16-12-23(15-8-10-21-11-9-15)18(22-16)7-6-17(20)24/h6-7,12-15,21H,2-5,8-11H2,1H3,(H2,20,24)/b7-6+. The number of nitrogens with zero attached hydrogens (tertiary/aromatic N) is 2. The average Bonchev–Trinajstić information content (AvgIpc) is 3.11. The molecule has 0 radical (unpaired) electrons. The molecule has 1 aliphatic carbocycles. The van der Waals surface area contributed by atoms with Crippen molar-refractivity contribution in [1.29, 1.82) is 0 Å². The van der Waals surface area contributed by atoms with Crippen LogP contribution in [-0.2, 0) is 14.3 Å². The van der Waals surface area contributed by atoms with Gasteiger partial charge in [-0.3, -0.25) is 9.59 Å². The first kappa shape index (κ1) is 18.6. The van der Waals surface area contributed by atoms with Crippen LogP contribution in [0.3, 0.4) is 0 Å². The second kappa shape index (κ2) is 8.49. The van der Waals surface area contributed by atoms with Gasteiger partial charge in [0.2, 0.25) is 5.91 Å². The van der Waals surface area contributed by atoms with Crippen LogP contribution in [0, 0.1) is 5.92 Å². The van der Waals surface area contributed by atoms with Gasteiger partial charge in [0.1, 0.15) is 5.82 Å². The van der Waals surface area contributed by atoms with Crippen LogP contribution in [-0.4, -0.2) is 41.6 Å². The number of carbonyl (C=O) groups is 2. The highest BCUT2D eigenvalue weighted by molar-refractivity contribution is 5.89. The van der Waals surface area contributed by atoms with Gasteiger partial charge in [-0.25, -0.2) is 4.98 Å². The summed E-state index contributed by atoms with van der Waals surface area (Å²) in [6, 6.07) is 0.386. The number of amides is 1. The van der Waals surface area contributed by atoms with Gasteiger partial charge in [-0.05, 0) is 57.7 Å². The van der Waals surface area contributed by atoms with E-state index >= 15 is 0 Å². The number of hydrogen-bond donors (Lipinski definition) is 2. The minimum Gasteiger partial charge on any atom is -0.469 e. The van der Waals surface area contributed by atoms with Crippen molar-refractivity contribution in [2.24, 2.45) is 11.7 Å². The van der Waals surface area contributed by atoms with Crippen LogP contribution < -0.4 is 11.1 Å². The Kier molecular flexibility index (Phi) is 6.08. The van der Waals surface area contributed by atoms with Gasteiger partial charge < -0.3 is 20.4 Å². The normalized spacial score (nSPS) is 24.7. The molecular weight excluding hydrogens is 332 g/mol.